The van der Waals surface area contributed by atoms with Crippen molar-refractivity contribution in [1.82, 2.24) is 24.5 Å². The quantitative estimate of drug-likeness (QED) is 0.176. The van der Waals surface area contributed by atoms with Crippen LogP contribution in [0, 0.1) is 0 Å². The molecule has 0 amide bonds. The van der Waals surface area contributed by atoms with Crippen LogP contribution in [0.1, 0.15) is 0 Å². The Morgan fingerprint density at radius 3 is 1.51 bits per heavy atom. The minimum Gasteiger partial charge on any atom is -0.294 e. The summed E-state index contributed by atoms with van der Waals surface area (Å²) in [6.07, 6.45) is 0. The molecule has 5 nitrogen and oxygen atoms in total. The van der Waals surface area contributed by atoms with E-state index in [1.807, 2.05) is 42.5 Å². The molecule has 7 aromatic carbocycles. The number of aromatic nitrogens is 5. The second-order valence-corrected chi connectivity index (χ2v) is 13.1. The number of rotatable bonds is 6. The van der Waals surface area contributed by atoms with E-state index in [9.17, 15) is 0 Å². The number of hydrogen-bond acceptors (Lipinski definition) is 4. The topological polar surface area (TPSA) is 56.5 Å². The molecule has 3 aromatic heterocycles. The highest BCUT2D eigenvalue weighted by Gasteiger charge is 2.21. The van der Waals surface area contributed by atoms with Crippen molar-refractivity contribution in [3.63, 3.8) is 0 Å². The van der Waals surface area contributed by atoms with E-state index < -0.39 is 0 Å². The van der Waals surface area contributed by atoms with E-state index in [-0.39, 0.29) is 0 Å². The summed E-state index contributed by atoms with van der Waals surface area (Å²) in [5, 5.41) is 3.19. The van der Waals surface area contributed by atoms with Crippen molar-refractivity contribution in [1.29, 1.82) is 0 Å². The lowest BCUT2D eigenvalue weighted by atomic mass is 10.00. The molecule has 0 radical (unpaired) electrons. The second kappa shape index (κ2) is 12.8. The zero-order valence-corrected chi connectivity index (χ0v) is 28.6. The zero-order chi connectivity index (χ0) is 35.1. The summed E-state index contributed by atoms with van der Waals surface area (Å²) in [6.45, 7) is 0. The normalized spacial score (nSPS) is 11.4. The van der Waals surface area contributed by atoms with Crippen molar-refractivity contribution in [3.8, 4) is 62.1 Å². The first-order valence-corrected chi connectivity index (χ1v) is 17.7. The van der Waals surface area contributed by atoms with Crippen LogP contribution in [-0.2, 0) is 0 Å². The smallest absolute Gasteiger partial charge is 0.162 e. The van der Waals surface area contributed by atoms with E-state index in [2.05, 4.69) is 150 Å². The van der Waals surface area contributed by atoms with Gasteiger partial charge >= 0.3 is 0 Å². The minimum atomic E-state index is 0.666. The minimum absolute atomic E-state index is 0.666. The van der Waals surface area contributed by atoms with E-state index in [0.29, 0.717) is 11.6 Å². The van der Waals surface area contributed by atoms with Gasteiger partial charge in [-0.05, 0) is 47.5 Å². The number of fused-ring (bicyclic) bond motifs is 4. The summed E-state index contributed by atoms with van der Waals surface area (Å²) in [6, 6.07) is 64.8. The molecule has 248 valence electrons. The SMILES string of the molecule is c1ccc(-c2nc(-c3cccc(-c4cccc(-c5nc(-c6ccccc6)c6c7ccccc7n(-c7ccccc7)c6n5)c4)c3)nc3ccccc23)cc1. The molecule has 0 saturated heterocycles. The highest BCUT2D eigenvalue weighted by molar-refractivity contribution is 6.14. The Morgan fingerprint density at radius 1 is 0.340 bits per heavy atom. The predicted molar refractivity (Wildman–Crippen MR) is 217 cm³/mol. The molecular weight excluding hydrogens is 647 g/mol. The molecule has 0 bridgehead atoms. The van der Waals surface area contributed by atoms with Gasteiger partial charge in [-0.1, -0.05) is 152 Å². The van der Waals surface area contributed by atoms with E-state index in [0.717, 1.165) is 83.3 Å². The molecular formula is C48H31N5. The number of nitrogens with zero attached hydrogens (tertiary/aromatic N) is 5. The van der Waals surface area contributed by atoms with Crippen LogP contribution in [0.2, 0.25) is 0 Å². The van der Waals surface area contributed by atoms with E-state index >= 15 is 0 Å². The summed E-state index contributed by atoms with van der Waals surface area (Å²) >= 11 is 0. The first-order valence-electron chi connectivity index (χ1n) is 17.7. The van der Waals surface area contributed by atoms with Crippen molar-refractivity contribution < 1.29 is 0 Å². The van der Waals surface area contributed by atoms with E-state index in [1.165, 1.54) is 0 Å². The fourth-order valence-corrected chi connectivity index (χ4v) is 7.32. The largest absolute Gasteiger partial charge is 0.294 e. The molecule has 0 saturated carbocycles. The third kappa shape index (κ3) is 5.43. The highest BCUT2D eigenvalue weighted by Crippen LogP contribution is 2.39. The van der Waals surface area contributed by atoms with Crippen LogP contribution in [0.5, 0.6) is 0 Å². The van der Waals surface area contributed by atoms with Crippen molar-refractivity contribution >= 4 is 32.8 Å². The summed E-state index contributed by atoms with van der Waals surface area (Å²) in [4.78, 5) is 20.8. The van der Waals surface area contributed by atoms with Gasteiger partial charge < -0.3 is 0 Å². The van der Waals surface area contributed by atoms with Gasteiger partial charge in [-0.15, -0.1) is 0 Å². The summed E-state index contributed by atoms with van der Waals surface area (Å²) < 4.78 is 2.25. The predicted octanol–water partition coefficient (Wildman–Crippen LogP) is 11.9. The van der Waals surface area contributed by atoms with Gasteiger partial charge in [0, 0.05) is 38.7 Å². The molecule has 3 heterocycles. The maximum Gasteiger partial charge on any atom is 0.162 e. The Labute approximate surface area is 306 Å². The van der Waals surface area contributed by atoms with Crippen LogP contribution in [0.25, 0.3) is 94.9 Å². The molecule has 53 heavy (non-hydrogen) atoms. The lowest BCUT2D eigenvalue weighted by Crippen LogP contribution is -1.99. The Balaban J connectivity index is 1.13. The highest BCUT2D eigenvalue weighted by atomic mass is 15.1. The standard InChI is InChI=1S/C48H31N5/c1-4-16-32(17-5-1)44-39-26-10-12-28-41(39)49-46(50-44)36-22-14-20-34(30-36)35-21-15-23-37(31-35)47-51-45(33-18-6-2-7-19-33)43-40-27-11-13-29-42(40)53(48(43)52-47)38-24-8-3-9-25-38/h1-31H. The van der Waals surface area contributed by atoms with Gasteiger partial charge in [-0.2, -0.15) is 0 Å². The lowest BCUT2D eigenvalue weighted by molar-refractivity contribution is 1.11. The molecule has 10 aromatic rings. The van der Waals surface area contributed by atoms with Crippen molar-refractivity contribution in [2.24, 2.45) is 0 Å². The van der Waals surface area contributed by atoms with Gasteiger partial charge in [0.2, 0.25) is 0 Å². The Bertz CT molecular complexity index is 2940. The Kier molecular flexibility index (Phi) is 7.40. The van der Waals surface area contributed by atoms with Gasteiger partial charge in [-0.3, -0.25) is 4.57 Å². The monoisotopic (exact) mass is 677 g/mol. The average Bonchev–Trinajstić information content (AvgIpc) is 3.58. The fraction of sp³-hybridized carbons (Fsp3) is 0. The summed E-state index contributed by atoms with van der Waals surface area (Å²) in [5.74, 6) is 1.36. The van der Waals surface area contributed by atoms with Gasteiger partial charge in [0.05, 0.1) is 27.8 Å². The number of para-hydroxylation sites is 3. The first-order chi connectivity index (χ1) is 26.3. The van der Waals surface area contributed by atoms with Gasteiger partial charge in [0.1, 0.15) is 5.65 Å². The van der Waals surface area contributed by atoms with Gasteiger partial charge in [0.15, 0.2) is 11.6 Å². The molecule has 0 N–H and O–H groups in total. The Hall–Kier alpha value is -7.24. The van der Waals surface area contributed by atoms with Gasteiger partial charge in [0.25, 0.3) is 0 Å². The van der Waals surface area contributed by atoms with Crippen LogP contribution in [0.3, 0.4) is 0 Å². The maximum absolute atomic E-state index is 5.34. The van der Waals surface area contributed by atoms with Gasteiger partial charge in [-0.25, -0.2) is 19.9 Å². The van der Waals surface area contributed by atoms with Crippen LogP contribution in [0.15, 0.2) is 188 Å². The molecule has 0 unspecified atom stereocenters. The fourth-order valence-electron chi connectivity index (χ4n) is 7.32. The summed E-state index contributed by atoms with van der Waals surface area (Å²) in [5.41, 5.74) is 11.9. The average molecular weight is 678 g/mol. The molecule has 0 aliphatic rings. The van der Waals surface area contributed by atoms with E-state index in [1.54, 1.807) is 0 Å². The van der Waals surface area contributed by atoms with Crippen molar-refractivity contribution in [2.45, 2.75) is 0 Å². The molecule has 10 rings (SSSR count). The van der Waals surface area contributed by atoms with Crippen LogP contribution in [0.4, 0.5) is 0 Å². The molecule has 5 heteroatoms. The third-order valence-corrected chi connectivity index (χ3v) is 9.80. The maximum atomic E-state index is 5.34. The second-order valence-electron chi connectivity index (χ2n) is 13.1. The third-order valence-electron chi connectivity index (χ3n) is 9.80. The molecule has 0 spiro atoms. The lowest BCUT2D eigenvalue weighted by Gasteiger charge is -2.12. The van der Waals surface area contributed by atoms with Crippen molar-refractivity contribution in [3.05, 3.63) is 188 Å². The Morgan fingerprint density at radius 2 is 0.830 bits per heavy atom. The van der Waals surface area contributed by atoms with Crippen molar-refractivity contribution in [2.75, 3.05) is 0 Å². The molecule has 0 atom stereocenters. The zero-order valence-electron chi connectivity index (χ0n) is 28.6. The summed E-state index contributed by atoms with van der Waals surface area (Å²) in [7, 11) is 0. The number of benzene rings is 7. The van der Waals surface area contributed by atoms with Crippen LogP contribution in [-0.4, -0.2) is 24.5 Å². The van der Waals surface area contributed by atoms with Crippen LogP contribution < -0.4 is 0 Å². The number of hydrogen-bond donors (Lipinski definition) is 0. The molecule has 0 aliphatic carbocycles. The molecule has 0 aliphatic heterocycles. The molecule has 0 fully saturated rings. The van der Waals surface area contributed by atoms with Crippen LogP contribution >= 0.6 is 0 Å². The van der Waals surface area contributed by atoms with E-state index in [4.69, 9.17) is 19.9 Å². The first kappa shape index (κ1) is 30.6.